The molecule has 0 unspecified atom stereocenters. The maximum atomic E-state index is 12.9. The van der Waals surface area contributed by atoms with Crippen molar-refractivity contribution in [1.82, 2.24) is 14.7 Å². The SMILES string of the molecule is CSc1nn(CN(Cc2ccccc2[N+](=O)[O-])CC(F)(F)F)c(=S)s1. The van der Waals surface area contributed by atoms with E-state index in [4.69, 9.17) is 12.2 Å². The monoisotopic (exact) mass is 410 g/mol. The molecular weight excluding hydrogens is 397 g/mol. The maximum absolute atomic E-state index is 12.9. The fraction of sp³-hybridized carbons (Fsp3) is 0.385. The van der Waals surface area contributed by atoms with E-state index < -0.39 is 17.6 Å². The Morgan fingerprint density at radius 3 is 2.68 bits per heavy atom. The molecule has 0 spiro atoms. The maximum Gasteiger partial charge on any atom is 0.401 e. The predicted molar refractivity (Wildman–Crippen MR) is 92.3 cm³/mol. The number of nitrogens with zero attached hydrogens (tertiary/aromatic N) is 4. The largest absolute Gasteiger partial charge is 0.401 e. The number of halogens is 3. The summed E-state index contributed by atoms with van der Waals surface area (Å²) in [4.78, 5) is 11.5. The van der Waals surface area contributed by atoms with E-state index in [1.165, 1.54) is 46.0 Å². The van der Waals surface area contributed by atoms with Gasteiger partial charge in [-0.3, -0.25) is 15.0 Å². The Labute approximate surface area is 154 Å². The van der Waals surface area contributed by atoms with Crippen LogP contribution in [0.2, 0.25) is 0 Å². The summed E-state index contributed by atoms with van der Waals surface area (Å²) in [5, 5.41) is 15.2. The molecule has 0 saturated heterocycles. The van der Waals surface area contributed by atoms with Gasteiger partial charge in [0.25, 0.3) is 5.69 Å². The summed E-state index contributed by atoms with van der Waals surface area (Å²) < 4.78 is 41.0. The summed E-state index contributed by atoms with van der Waals surface area (Å²) >= 11 is 7.67. The first-order chi connectivity index (χ1) is 11.7. The molecule has 136 valence electrons. The number of rotatable bonds is 7. The van der Waals surface area contributed by atoms with Crippen LogP contribution in [0, 0.1) is 14.1 Å². The number of para-hydroxylation sites is 1. The Balaban J connectivity index is 2.29. The summed E-state index contributed by atoms with van der Waals surface area (Å²) in [6.07, 6.45) is -2.66. The Bertz CT molecular complexity index is 806. The number of aromatic nitrogens is 2. The zero-order chi connectivity index (χ0) is 18.6. The second-order valence-corrected chi connectivity index (χ2v) is 7.64. The van der Waals surface area contributed by atoms with Crippen LogP contribution in [0.5, 0.6) is 0 Å². The lowest BCUT2D eigenvalue weighted by atomic mass is 10.1. The third kappa shape index (κ3) is 5.76. The van der Waals surface area contributed by atoms with Crippen LogP contribution in [-0.2, 0) is 13.2 Å². The van der Waals surface area contributed by atoms with Gasteiger partial charge in [0.2, 0.25) is 0 Å². The van der Waals surface area contributed by atoms with Crippen LogP contribution in [0.15, 0.2) is 28.6 Å². The molecule has 1 aromatic carbocycles. The van der Waals surface area contributed by atoms with Crippen LogP contribution in [0.1, 0.15) is 5.56 Å². The number of hydrogen-bond donors (Lipinski definition) is 0. The lowest BCUT2D eigenvalue weighted by Crippen LogP contribution is -2.35. The Kier molecular flexibility index (Phi) is 6.54. The number of benzene rings is 1. The summed E-state index contributed by atoms with van der Waals surface area (Å²) in [5.74, 6) is 0. The van der Waals surface area contributed by atoms with Gasteiger partial charge >= 0.3 is 6.18 Å². The van der Waals surface area contributed by atoms with Crippen LogP contribution >= 0.6 is 35.3 Å². The van der Waals surface area contributed by atoms with Crippen molar-refractivity contribution < 1.29 is 18.1 Å². The van der Waals surface area contributed by atoms with E-state index in [1.807, 2.05) is 0 Å². The van der Waals surface area contributed by atoms with Gasteiger partial charge in [-0.1, -0.05) is 41.3 Å². The van der Waals surface area contributed by atoms with Crippen molar-refractivity contribution in [1.29, 1.82) is 0 Å². The van der Waals surface area contributed by atoms with Gasteiger partial charge in [-0.05, 0) is 18.5 Å². The minimum atomic E-state index is -4.45. The number of nitro benzene ring substituents is 1. The molecule has 0 bridgehead atoms. The predicted octanol–water partition coefficient (Wildman–Crippen LogP) is 4.33. The highest BCUT2D eigenvalue weighted by molar-refractivity contribution is 8.00. The van der Waals surface area contributed by atoms with Crippen LogP contribution < -0.4 is 0 Å². The van der Waals surface area contributed by atoms with E-state index in [9.17, 15) is 23.3 Å². The molecular formula is C13H13F3N4O2S3. The molecule has 0 aliphatic rings. The van der Waals surface area contributed by atoms with Crippen LogP contribution in [0.4, 0.5) is 18.9 Å². The van der Waals surface area contributed by atoms with E-state index in [1.54, 1.807) is 12.3 Å². The van der Waals surface area contributed by atoms with Gasteiger partial charge in [0.15, 0.2) is 8.29 Å². The molecule has 1 aromatic heterocycles. The molecule has 0 atom stereocenters. The molecule has 0 aliphatic heterocycles. The number of hydrogen-bond acceptors (Lipinski definition) is 7. The van der Waals surface area contributed by atoms with Gasteiger partial charge in [-0.2, -0.15) is 18.3 Å². The molecule has 0 radical (unpaired) electrons. The standard InChI is InChI=1S/C13H13F3N4O2S3/c1-24-11-17-19(12(23)25-11)8-18(7-13(14,15)16)6-9-4-2-3-5-10(9)20(21)22/h2-5H,6-8H2,1H3. The van der Waals surface area contributed by atoms with Gasteiger partial charge in [-0.25, -0.2) is 4.68 Å². The van der Waals surface area contributed by atoms with Gasteiger partial charge in [0.05, 0.1) is 18.1 Å². The minimum absolute atomic E-state index is 0.198. The quantitative estimate of drug-likeness (QED) is 0.293. The summed E-state index contributed by atoms with van der Waals surface area (Å²) in [6, 6.07) is 5.72. The van der Waals surface area contributed by atoms with Crippen molar-refractivity contribution >= 4 is 41.0 Å². The second-order valence-electron chi connectivity index (χ2n) is 4.97. The lowest BCUT2D eigenvalue weighted by molar-refractivity contribution is -0.385. The first-order valence-corrected chi connectivity index (χ1v) is 9.28. The highest BCUT2D eigenvalue weighted by Gasteiger charge is 2.32. The van der Waals surface area contributed by atoms with Crippen molar-refractivity contribution in [3.8, 4) is 0 Å². The molecule has 0 N–H and O–H groups in total. The first kappa shape index (κ1) is 19.8. The second kappa shape index (κ2) is 8.25. The van der Waals surface area contributed by atoms with Crippen LogP contribution in [-0.4, -0.2) is 38.6 Å². The van der Waals surface area contributed by atoms with E-state index >= 15 is 0 Å². The molecule has 12 heteroatoms. The zero-order valence-corrected chi connectivity index (χ0v) is 15.3. The first-order valence-electron chi connectivity index (χ1n) is 6.83. The average Bonchev–Trinajstić information content (AvgIpc) is 2.86. The smallest absolute Gasteiger partial charge is 0.271 e. The van der Waals surface area contributed by atoms with Gasteiger partial charge < -0.3 is 0 Å². The van der Waals surface area contributed by atoms with E-state index in [2.05, 4.69) is 5.10 Å². The molecule has 0 amide bonds. The Morgan fingerprint density at radius 2 is 2.12 bits per heavy atom. The molecule has 6 nitrogen and oxygen atoms in total. The van der Waals surface area contributed by atoms with Crippen molar-refractivity contribution in [2.24, 2.45) is 0 Å². The normalized spacial score (nSPS) is 11.9. The summed E-state index contributed by atoms with van der Waals surface area (Å²) in [7, 11) is 0. The van der Waals surface area contributed by atoms with Crippen LogP contribution in [0.3, 0.4) is 0 Å². The lowest BCUT2D eigenvalue weighted by Gasteiger charge is -2.23. The van der Waals surface area contributed by atoms with Crippen molar-refractivity contribution in [3.63, 3.8) is 0 Å². The number of nitro groups is 1. The van der Waals surface area contributed by atoms with Gasteiger partial charge in [0, 0.05) is 18.2 Å². The zero-order valence-electron chi connectivity index (χ0n) is 12.9. The Hall–Kier alpha value is -1.50. The Morgan fingerprint density at radius 1 is 1.44 bits per heavy atom. The van der Waals surface area contributed by atoms with E-state index in [0.717, 1.165) is 4.90 Å². The topological polar surface area (TPSA) is 64.2 Å². The highest BCUT2D eigenvalue weighted by Crippen LogP contribution is 2.24. The fourth-order valence-electron chi connectivity index (χ4n) is 2.12. The minimum Gasteiger partial charge on any atom is -0.271 e. The van der Waals surface area contributed by atoms with Crippen molar-refractivity contribution in [2.45, 2.75) is 23.7 Å². The molecule has 25 heavy (non-hydrogen) atoms. The summed E-state index contributed by atoms with van der Waals surface area (Å²) in [6.45, 7) is -1.68. The summed E-state index contributed by atoms with van der Waals surface area (Å²) in [5.41, 5.74) is -0.0232. The van der Waals surface area contributed by atoms with E-state index in [-0.39, 0.29) is 24.5 Å². The average molecular weight is 410 g/mol. The van der Waals surface area contributed by atoms with Crippen molar-refractivity contribution in [3.05, 3.63) is 43.9 Å². The molecule has 0 aliphatic carbocycles. The highest BCUT2D eigenvalue weighted by atomic mass is 32.2. The van der Waals surface area contributed by atoms with E-state index in [0.29, 0.717) is 8.29 Å². The van der Waals surface area contributed by atoms with Crippen molar-refractivity contribution in [2.75, 3.05) is 12.8 Å². The molecule has 0 fully saturated rings. The van der Waals surface area contributed by atoms with Gasteiger partial charge in [-0.15, -0.1) is 0 Å². The number of alkyl halides is 3. The van der Waals surface area contributed by atoms with Gasteiger partial charge in [0.1, 0.15) is 0 Å². The number of thioether (sulfide) groups is 1. The fourth-order valence-corrected chi connectivity index (χ4v) is 3.86. The molecule has 0 saturated carbocycles. The van der Waals surface area contributed by atoms with Crippen LogP contribution in [0.25, 0.3) is 0 Å². The molecule has 2 aromatic rings. The third-order valence-corrected chi connectivity index (χ3v) is 5.36. The third-order valence-electron chi connectivity index (χ3n) is 3.08. The molecule has 2 rings (SSSR count). The molecule has 1 heterocycles.